The van der Waals surface area contributed by atoms with Crippen molar-refractivity contribution in [2.75, 3.05) is 0 Å². The van der Waals surface area contributed by atoms with Crippen LogP contribution in [0.25, 0.3) is 0 Å². The van der Waals surface area contributed by atoms with Crippen LogP contribution in [0.5, 0.6) is 0 Å². The number of pyridine rings is 1. The fourth-order valence-electron chi connectivity index (χ4n) is 1.62. The molecule has 3 nitrogen and oxygen atoms in total. The van der Waals surface area contributed by atoms with Crippen LogP contribution in [0.15, 0.2) is 18.2 Å². The number of ether oxygens (including phenoxy) is 1. The van der Waals surface area contributed by atoms with Crippen LogP contribution in [0.1, 0.15) is 51.4 Å². The molecule has 0 saturated heterocycles. The molecule has 18 heavy (non-hydrogen) atoms. The molecule has 100 valence electrons. The highest BCUT2D eigenvalue weighted by molar-refractivity contribution is 5.11. The van der Waals surface area contributed by atoms with Gasteiger partial charge in [0.25, 0.3) is 0 Å². The molecule has 1 fully saturated rings. The van der Waals surface area contributed by atoms with Gasteiger partial charge in [0.15, 0.2) is 0 Å². The smallest absolute Gasteiger partial charge is 0.0895 e. The zero-order chi connectivity index (χ0) is 13.0. The molecule has 0 aliphatic heterocycles. The van der Waals surface area contributed by atoms with Crippen molar-refractivity contribution in [2.24, 2.45) is 0 Å². The van der Waals surface area contributed by atoms with E-state index in [1.807, 2.05) is 6.07 Å². The van der Waals surface area contributed by atoms with Crippen LogP contribution in [0.4, 0.5) is 0 Å². The predicted molar refractivity (Wildman–Crippen MR) is 73.3 cm³/mol. The molecule has 0 bridgehead atoms. The molecular weight excluding hydrogens is 224 g/mol. The van der Waals surface area contributed by atoms with Crippen molar-refractivity contribution in [3.8, 4) is 0 Å². The molecule has 1 aromatic rings. The Labute approximate surface area is 110 Å². The number of aromatic nitrogens is 1. The molecule has 1 heterocycles. The van der Waals surface area contributed by atoms with Gasteiger partial charge in [-0.1, -0.05) is 13.0 Å². The van der Waals surface area contributed by atoms with E-state index >= 15 is 0 Å². The number of nitrogens with one attached hydrogen (secondary N) is 1. The minimum atomic E-state index is -0.0655. The summed E-state index contributed by atoms with van der Waals surface area (Å²) in [5.41, 5.74) is 2.06. The lowest BCUT2D eigenvalue weighted by Crippen LogP contribution is -2.23. The second-order valence-corrected chi connectivity index (χ2v) is 5.68. The number of rotatable bonds is 7. The van der Waals surface area contributed by atoms with Gasteiger partial charge >= 0.3 is 0 Å². The molecule has 0 unspecified atom stereocenters. The average Bonchev–Trinajstić information content (AvgIpc) is 3.19. The van der Waals surface area contributed by atoms with Gasteiger partial charge in [-0.25, -0.2) is 0 Å². The van der Waals surface area contributed by atoms with Crippen LogP contribution in [-0.2, 0) is 17.9 Å². The van der Waals surface area contributed by atoms with E-state index in [4.69, 9.17) is 4.74 Å². The third-order valence-corrected chi connectivity index (χ3v) is 3.48. The highest BCUT2D eigenvalue weighted by atomic mass is 16.5. The highest BCUT2D eigenvalue weighted by Crippen LogP contribution is 2.19. The van der Waals surface area contributed by atoms with E-state index in [9.17, 15) is 0 Å². The monoisotopic (exact) mass is 248 g/mol. The lowest BCUT2D eigenvalue weighted by atomic mass is 10.1. The Hall–Kier alpha value is -0.930. The first-order valence-electron chi connectivity index (χ1n) is 6.91. The van der Waals surface area contributed by atoms with Crippen LogP contribution < -0.4 is 5.32 Å². The normalized spacial score (nSPS) is 15.9. The van der Waals surface area contributed by atoms with Crippen molar-refractivity contribution >= 4 is 0 Å². The summed E-state index contributed by atoms with van der Waals surface area (Å²) in [6.07, 6.45) is 3.64. The fraction of sp³-hybridized carbons (Fsp3) is 0.667. The van der Waals surface area contributed by atoms with Gasteiger partial charge in [-0.3, -0.25) is 4.98 Å². The van der Waals surface area contributed by atoms with Crippen molar-refractivity contribution in [3.05, 3.63) is 29.6 Å². The standard InChI is InChI=1S/C15H24N2O/c1-4-15(2,3)18-11-14-7-5-6-13(17-14)10-16-12-8-9-12/h5-7,12,16H,4,8-11H2,1-3H3. The quantitative estimate of drug-likeness (QED) is 0.805. The topological polar surface area (TPSA) is 34.1 Å². The zero-order valence-electron chi connectivity index (χ0n) is 11.7. The van der Waals surface area contributed by atoms with Crippen molar-refractivity contribution in [3.63, 3.8) is 0 Å². The maximum atomic E-state index is 5.87. The molecule has 1 aromatic heterocycles. The molecule has 1 aliphatic carbocycles. The van der Waals surface area contributed by atoms with Crippen molar-refractivity contribution in [1.82, 2.24) is 10.3 Å². The predicted octanol–water partition coefficient (Wildman–Crippen LogP) is 3.04. The summed E-state index contributed by atoms with van der Waals surface area (Å²) in [5.74, 6) is 0. The maximum Gasteiger partial charge on any atom is 0.0895 e. The van der Waals surface area contributed by atoms with Crippen LogP contribution >= 0.6 is 0 Å². The lowest BCUT2D eigenvalue weighted by molar-refractivity contribution is -0.0330. The van der Waals surface area contributed by atoms with E-state index in [1.165, 1.54) is 12.8 Å². The molecule has 1 aliphatic rings. The number of nitrogens with zero attached hydrogens (tertiary/aromatic N) is 1. The summed E-state index contributed by atoms with van der Waals surface area (Å²) in [6, 6.07) is 6.90. The summed E-state index contributed by atoms with van der Waals surface area (Å²) in [6.45, 7) is 7.84. The molecule has 1 N–H and O–H groups in total. The van der Waals surface area contributed by atoms with E-state index in [-0.39, 0.29) is 5.60 Å². The molecule has 3 heteroatoms. The van der Waals surface area contributed by atoms with Crippen molar-refractivity contribution < 1.29 is 4.74 Å². The van der Waals surface area contributed by atoms with Crippen molar-refractivity contribution in [1.29, 1.82) is 0 Å². The number of hydrogen-bond donors (Lipinski definition) is 1. The second-order valence-electron chi connectivity index (χ2n) is 5.68. The Morgan fingerprint density at radius 2 is 2.06 bits per heavy atom. The van der Waals surface area contributed by atoms with E-state index in [0.717, 1.165) is 30.4 Å². The molecule has 0 aromatic carbocycles. The van der Waals surface area contributed by atoms with Crippen LogP contribution in [0.2, 0.25) is 0 Å². The van der Waals surface area contributed by atoms with Gasteiger partial charge in [0.2, 0.25) is 0 Å². The largest absolute Gasteiger partial charge is 0.369 e. The lowest BCUT2D eigenvalue weighted by Gasteiger charge is -2.23. The van der Waals surface area contributed by atoms with Crippen LogP contribution in [0, 0.1) is 0 Å². The Kier molecular flexibility index (Phi) is 4.36. The van der Waals surface area contributed by atoms with E-state index in [1.54, 1.807) is 0 Å². The summed E-state index contributed by atoms with van der Waals surface area (Å²) < 4.78 is 5.87. The van der Waals surface area contributed by atoms with Crippen LogP contribution in [-0.4, -0.2) is 16.6 Å². The van der Waals surface area contributed by atoms with Gasteiger partial charge in [0, 0.05) is 12.6 Å². The zero-order valence-corrected chi connectivity index (χ0v) is 11.7. The Morgan fingerprint density at radius 3 is 2.72 bits per heavy atom. The Morgan fingerprint density at radius 1 is 1.33 bits per heavy atom. The first kappa shape index (κ1) is 13.5. The molecule has 0 atom stereocenters. The van der Waals surface area contributed by atoms with Gasteiger partial charge in [-0.05, 0) is 45.2 Å². The maximum absolute atomic E-state index is 5.87. The second kappa shape index (κ2) is 5.81. The van der Waals surface area contributed by atoms with Gasteiger partial charge in [-0.2, -0.15) is 0 Å². The molecule has 0 radical (unpaired) electrons. The van der Waals surface area contributed by atoms with Gasteiger partial charge in [-0.15, -0.1) is 0 Å². The SMILES string of the molecule is CCC(C)(C)OCc1cccc(CNC2CC2)n1. The van der Waals surface area contributed by atoms with E-state index in [0.29, 0.717) is 6.61 Å². The summed E-state index contributed by atoms with van der Waals surface area (Å²) in [4.78, 5) is 4.62. The summed E-state index contributed by atoms with van der Waals surface area (Å²) in [7, 11) is 0. The van der Waals surface area contributed by atoms with E-state index in [2.05, 4.69) is 43.2 Å². The summed E-state index contributed by atoms with van der Waals surface area (Å²) >= 11 is 0. The highest BCUT2D eigenvalue weighted by Gasteiger charge is 2.20. The van der Waals surface area contributed by atoms with Gasteiger partial charge in [0.05, 0.1) is 23.6 Å². The van der Waals surface area contributed by atoms with Gasteiger partial charge in [0.1, 0.15) is 0 Å². The third-order valence-electron chi connectivity index (χ3n) is 3.48. The van der Waals surface area contributed by atoms with E-state index < -0.39 is 0 Å². The third kappa shape index (κ3) is 4.39. The average molecular weight is 248 g/mol. The van der Waals surface area contributed by atoms with Crippen molar-refractivity contribution in [2.45, 2.75) is 64.8 Å². The first-order chi connectivity index (χ1) is 8.59. The first-order valence-corrected chi connectivity index (χ1v) is 6.91. The number of hydrogen-bond acceptors (Lipinski definition) is 3. The Bertz CT molecular complexity index is 386. The minimum absolute atomic E-state index is 0.0655. The Balaban J connectivity index is 1.85. The molecule has 0 amide bonds. The molecule has 0 spiro atoms. The molecule has 1 saturated carbocycles. The molecular formula is C15H24N2O. The van der Waals surface area contributed by atoms with Crippen LogP contribution in [0.3, 0.4) is 0 Å². The minimum Gasteiger partial charge on any atom is -0.369 e. The molecule has 2 rings (SSSR count). The van der Waals surface area contributed by atoms with Gasteiger partial charge < -0.3 is 10.1 Å². The fourth-order valence-corrected chi connectivity index (χ4v) is 1.62. The summed E-state index contributed by atoms with van der Waals surface area (Å²) in [5, 5.41) is 3.48.